The second-order valence-electron chi connectivity index (χ2n) is 31.1. The summed E-state index contributed by atoms with van der Waals surface area (Å²) in [5.74, 6) is 6.90. The number of ketones is 2. The number of nitrogens with zero attached hydrogens (tertiary/aromatic N) is 1. The van der Waals surface area contributed by atoms with E-state index in [9.17, 15) is 24.9 Å². The molecule has 8 bridgehead atoms. The summed E-state index contributed by atoms with van der Waals surface area (Å²) < 4.78 is 5.69. The highest BCUT2D eigenvalue weighted by molar-refractivity contribution is 6.08. The molecule has 18 rings (SSSR count). The normalized spacial score (nSPS) is 37.2. The number of ether oxygens (including phenoxy) is 1. The Morgan fingerprint density at radius 2 is 1.74 bits per heavy atom. The van der Waals surface area contributed by atoms with Gasteiger partial charge in [-0.25, -0.2) is 0 Å². The molecule has 7 fully saturated rings. The van der Waals surface area contributed by atoms with Crippen LogP contribution in [0.3, 0.4) is 0 Å². The summed E-state index contributed by atoms with van der Waals surface area (Å²) in [6, 6.07) is 26.4. The second kappa shape index (κ2) is 26.4. The number of rotatable bonds is 9. The molecule has 1 saturated heterocycles. The number of piperidine rings is 1. The zero-order valence-corrected chi connectivity index (χ0v) is 55.1. The van der Waals surface area contributed by atoms with Gasteiger partial charge in [-0.3, -0.25) is 9.59 Å². The molecular weight excluding hydrogens is 1170 g/mol. The number of hydrogen-bond acceptors (Lipinski definition) is 14. The van der Waals surface area contributed by atoms with Crippen LogP contribution in [0.1, 0.15) is 143 Å². The maximum atomic E-state index is 14.9. The number of carbonyl (C=O) groups excluding carboxylic acids is 2. The Morgan fingerprint density at radius 1 is 0.904 bits per heavy atom. The van der Waals surface area contributed by atoms with Crippen molar-refractivity contribution in [3.05, 3.63) is 159 Å². The van der Waals surface area contributed by atoms with Crippen molar-refractivity contribution in [3.8, 4) is 23.5 Å². The average molecular weight is 1270 g/mol. The van der Waals surface area contributed by atoms with Gasteiger partial charge in [0.1, 0.15) is 5.78 Å². The van der Waals surface area contributed by atoms with E-state index in [1.807, 2.05) is 6.20 Å². The number of phenolic OH excluding ortho intramolecular Hbond substituents is 1. The molecule has 0 aromatic heterocycles. The maximum absolute atomic E-state index is 14.9. The Morgan fingerprint density at radius 3 is 2.60 bits per heavy atom. The number of Topliss-reactive ketones (excluding diaryl/α,β-unsaturated/α-hetero) is 1. The number of benzene rings is 3. The number of dihydropyridines is 1. The highest BCUT2D eigenvalue weighted by Crippen LogP contribution is 2.75. The fraction of sp³-hybridized carbons (Fsp3) is 0.562. The lowest BCUT2D eigenvalue weighted by molar-refractivity contribution is -0.126. The van der Waals surface area contributed by atoms with Gasteiger partial charge in [0.25, 0.3) is 0 Å². The van der Waals surface area contributed by atoms with Crippen molar-refractivity contribution < 1.29 is 29.6 Å². The lowest BCUT2D eigenvalue weighted by Crippen LogP contribution is -2.57. The number of nitrogens with one attached hydrogen (secondary N) is 5. The number of aryl methyl sites for hydroxylation is 2. The van der Waals surface area contributed by atoms with E-state index in [-0.39, 0.29) is 75.7 Å². The van der Waals surface area contributed by atoms with Gasteiger partial charge >= 0.3 is 0 Å². The fourth-order valence-electron chi connectivity index (χ4n) is 22.5. The summed E-state index contributed by atoms with van der Waals surface area (Å²) in [6.45, 7) is 2.55. The first-order chi connectivity index (χ1) is 45.8. The van der Waals surface area contributed by atoms with Crippen molar-refractivity contribution in [3.63, 3.8) is 0 Å². The van der Waals surface area contributed by atoms with Gasteiger partial charge in [0, 0.05) is 55.2 Å². The summed E-state index contributed by atoms with van der Waals surface area (Å²) in [5, 5.41) is 55.6. The number of carbonyl (C=O) groups is 2. The summed E-state index contributed by atoms with van der Waals surface area (Å²) in [4.78, 5) is 34.4. The van der Waals surface area contributed by atoms with Crippen LogP contribution in [0.25, 0.3) is 5.57 Å². The molecule has 6 saturated carbocycles. The van der Waals surface area contributed by atoms with Crippen LogP contribution in [0.2, 0.25) is 0 Å². The number of hydrogen-bond donors (Lipinski definition) is 10. The second-order valence-corrected chi connectivity index (χ2v) is 31.1. The van der Waals surface area contributed by atoms with Gasteiger partial charge in [-0.1, -0.05) is 103 Å². The van der Waals surface area contributed by atoms with Crippen molar-refractivity contribution >= 4 is 23.1 Å². The van der Waals surface area contributed by atoms with Crippen LogP contribution in [0.4, 0.5) is 0 Å². The zero-order valence-electron chi connectivity index (χ0n) is 55.1. The molecule has 496 valence electrons. The fourth-order valence-corrected chi connectivity index (χ4v) is 22.5. The van der Waals surface area contributed by atoms with Gasteiger partial charge in [-0.2, -0.15) is 4.99 Å². The van der Waals surface area contributed by atoms with E-state index in [1.54, 1.807) is 12.1 Å². The molecule has 2 spiro atoms. The Hall–Kier alpha value is -6.57. The molecule has 14 heteroatoms. The Kier molecular flexibility index (Phi) is 17.9. The quantitative estimate of drug-likeness (QED) is 0.0548. The van der Waals surface area contributed by atoms with Crippen LogP contribution >= 0.6 is 0 Å². The molecule has 0 amide bonds. The molecule has 3 aromatic carbocycles. The Labute approximate surface area is 556 Å². The van der Waals surface area contributed by atoms with Crippen molar-refractivity contribution in [2.75, 3.05) is 33.4 Å². The van der Waals surface area contributed by atoms with E-state index in [0.29, 0.717) is 95.8 Å². The van der Waals surface area contributed by atoms with Gasteiger partial charge in [-0.05, 0) is 261 Å². The first kappa shape index (κ1) is 63.5. The minimum absolute atomic E-state index is 0.0307. The van der Waals surface area contributed by atoms with Gasteiger partial charge < -0.3 is 58.1 Å². The Balaban J connectivity index is 0.820. The molecule has 8 aliphatic heterocycles. The molecule has 8 heterocycles. The molecule has 94 heavy (non-hydrogen) atoms. The molecule has 1 unspecified atom stereocenters. The number of guanidine groups is 1. The molecule has 15 aliphatic rings. The van der Waals surface area contributed by atoms with Crippen molar-refractivity contribution in [2.24, 2.45) is 86.0 Å². The van der Waals surface area contributed by atoms with Crippen molar-refractivity contribution in [2.45, 2.75) is 178 Å². The third kappa shape index (κ3) is 12.0. The van der Waals surface area contributed by atoms with Crippen molar-refractivity contribution in [1.29, 1.82) is 0 Å². The number of aliphatic imine (C=N–C) groups is 1. The van der Waals surface area contributed by atoms with Crippen LogP contribution in [0.15, 0.2) is 137 Å². The lowest BCUT2D eigenvalue weighted by atomic mass is 9.50. The summed E-state index contributed by atoms with van der Waals surface area (Å²) in [5.41, 5.74) is 23.5. The standard InChI is InChI=1S/C80H100N8O6/c1-94-69-40-64-55(37-68(69)92)34-57-46-86-72(81)41-65(57)52(31-50-13-7-12-49(30-50)17-16-48-10-3-2-4-11-48)14-8-28-85-77(82)87-59-35-53-20-26-80-70-19-18-51(32-60(90)39-61(91)36-58(64)47-89)42-79(70,43-67-62-22-29-83-45-56(62)33-54-15-9-27-84-74(54)67)44-71(80)88-75-63(66(38-59)73(53)80)21-25-78(76(75)93)23-5-6-24-78/h2-4,7,9-13,15,21,25,30,36-37,40-41,46,51-54,56,59,62,67,70-76,83-84,86,88-89,92-93H,5-6,14,16-20,22-24,26-27,29,31-35,38-39,42-45,47,81H2,1H3,(H3,82,85,87)/b58-36+/t51-,52-,53+,54-,56-,59-,62+,67+,70-,71-,72?,73-,74+,75-,76+,79-,80+/m0/s1. The minimum atomic E-state index is -0.538. The van der Waals surface area contributed by atoms with E-state index < -0.39 is 18.9 Å². The average Bonchev–Trinajstić information content (AvgIpc) is 1.51. The van der Waals surface area contributed by atoms with E-state index in [0.717, 1.165) is 133 Å². The van der Waals surface area contributed by atoms with Crippen LogP contribution in [0.5, 0.6) is 11.5 Å². The topological polar surface area (TPSA) is 229 Å². The number of phenols is 1. The molecular formula is C80H100N8O6. The monoisotopic (exact) mass is 1270 g/mol. The summed E-state index contributed by atoms with van der Waals surface area (Å²) >= 11 is 0. The number of methoxy groups -OCH3 is 1. The molecule has 14 nitrogen and oxygen atoms in total. The number of fused-ring (bicyclic) bond motifs is 3. The van der Waals surface area contributed by atoms with E-state index in [2.05, 4.69) is 124 Å². The van der Waals surface area contributed by atoms with Crippen LogP contribution in [-0.2, 0) is 35.3 Å². The molecule has 0 radical (unpaired) electrons. The SMILES string of the molecule is COc1cc2c(cc1O)CC1=CNC(N)C=C1[C@H](Cc1cccc(CCc3ccccc3)c1)CC#CN=C(N)N[C@@H]1CC3=C4C=CC5(CCCC5)[C@H](O)[C@H]4N[C@H]4C[C@@]5(C[C@@H]6[C@@H]7CCNC[C@@H]7C[C@@H]7C=CCN[C@@H]67)C[C@@H](CC[C@@H]5[C@]45CC[C@H](C1)[C@@H]35)CC(=O)CC(=O)/C=C/2CO. The van der Waals surface area contributed by atoms with Crippen LogP contribution in [-0.4, -0.2) is 103 Å². The number of allylic oxidation sites excluding steroid dienone is 3. The number of aromatic hydroxyl groups is 1. The number of aliphatic hydroxyl groups excluding tert-OH is 2. The maximum Gasteiger partial charge on any atom is 0.202 e. The Bertz CT molecular complexity index is 3680. The van der Waals surface area contributed by atoms with Gasteiger partial charge in [0.2, 0.25) is 5.96 Å². The minimum Gasteiger partial charge on any atom is -0.504 e. The molecule has 3 aromatic rings. The highest BCUT2D eigenvalue weighted by atomic mass is 16.5. The van der Waals surface area contributed by atoms with Crippen molar-refractivity contribution in [1.82, 2.24) is 26.6 Å². The van der Waals surface area contributed by atoms with Gasteiger partial charge in [0.15, 0.2) is 17.3 Å². The zero-order chi connectivity index (χ0) is 64.3. The number of nitrogens with two attached hydrogens (primary N) is 2. The lowest BCUT2D eigenvalue weighted by Gasteiger charge is -2.56. The first-order valence-electron chi connectivity index (χ1n) is 36.1. The van der Waals surface area contributed by atoms with Gasteiger partial charge in [-0.15, -0.1) is 0 Å². The predicted molar refractivity (Wildman–Crippen MR) is 370 cm³/mol. The van der Waals surface area contributed by atoms with E-state index in [1.165, 1.54) is 48.3 Å². The molecule has 7 aliphatic carbocycles. The predicted octanol–water partition coefficient (Wildman–Crippen LogP) is 9.74. The van der Waals surface area contributed by atoms with E-state index in [4.69, 9.17) is 21.2 Å². The van der Waals surface area contributed by atoms with Crippen LogP contribution < -0.4 is 42.8 Å². The molecule has 12 N–H and O–H groups in total. The van der Waals surface area contributed by atoms with E-state index >= 15 is 0 Å². The van der Waals surface area contributed by atoms with Gasteiger partial charge in [0.05, 0.1) is 38.4 Å². The molecule has 17 atom stereocenters. The number of aliphatic hydroxyl groups is 2. The van der Waals surface area contributed by atoms with Crippen LogP contribution in [0, 0.1) is 81.5 Å². The smallest absolute Gasteiger partial charge is 0.202 e. The largest absolute Gasteiger partial charge is 0.504 e. The highest BCUT2D eigenvalue weighted by Gasteiger charge is 2.71. The summed E-state index contributed by atoms with van der Waals surface area (Å²) in [7, 11) is 1.49. The first-order valence-corrected chi connectivity index (χ1v) is 36.1. The summed E-state index contributed by atoms with van der Waals surface area (Å²) in [6.07, 6.45) is 33.3. The third-order valence-electron chi connectivity index (χ3n) is 26.1. The third-order valence-corrected chi connectivity index (χ3v) is 26.1.